The molecule has 5 atom stereocenters. The lowest BCUT2D eigenvalue weighted by Gasteiger charge is -2.50. The molecule has 0 spiro atoms. The van der Waals surface area contributed by atoms with Gasteiger partial charge in [0.05, 0.1) is 6.61 Å². The van der Waals surface area contributed by atoms with Crippen LogP contribution in [-0.4, -0.2) is 80.3 Å². The lowest BCUT2D eigenvalue weighted by Crippen LogP contribution is -2.66. The summed E-state index contributed by atoms with van der Waals surface area (Å²) in [6.45, 7) is 21.0. The topological polar surface area (TPSA) is 95.5 Å². The number of ether oxygens (including phenoxy) is 2. The van der Waals surface area contributed by atoms with Gasteiger partial charge >= 0.3 is 0 Å². The van der Waals surface area contributed by atoms with Gasteiger partial charge in [0.2, 0.25) is 6.29 Å². The maximum absolute atomic E-state index is 12.1. The van der Waals surface area contributed by atoms with Gasteiger partial charge in [-0.1, -0.05) is 18.2 Å². The number of carbonyl (C=O) groups is 1. The number of benzene rings is 2. The SMILES string of the molecule is CNC(=O)c1cccc(-c2ccc(O[C@H]3O[C@@H](CO)[C@@H](O[Si](C)(C)C)[C@@H](O[Si](C)(C)C)[C@@H]3O[Si](C)(C)C)c(C)c2)c1. The second-order valence-electron chi connectivity index (χ2n) is 13.6. The van der Waals surface area contributed by atoms with Crippen LogP contribution in [0, 0.1) is 6.92 Å². The van der Waals surface area contributed by atoms with Gasteiger partial charge in [0.1, 0.15) is 30.2 Å². The van der Waals surface area contributed by atoms with E-state index in [-0.39, 0.29) is 12.5 Å². The third-order valence-electron chi connectivity index (χ3n) is 6.34. The highest BCUT2D eigenvalue weighted by molar-refractivity contribution is 6.70. The smallest absolute Gasteiger partial charge is 0.251 e. The molecule has 1 fully saturated rings. The molecule has 2 N–H and O–H groups in total. The first-order valence-corrected chi connectivity index (χ1v) is 24.5. The molecule has 1 aliphatic rings. The predicted octanol–water partition coefficient (Wildman–Crippen LogP) is 5.78. The van der Waals surface area contributed by atoms with Crippen molar-refractivity contribution in [3.63, 3.8) is 0 Å². The van der Waals surface area contributed by atoms with Crippen molar-refractivity contribution in [2.24, 2.45) is 0 Å². The Morgan fingerprint density at radius 1 is 0.829 bits per heavy atom. The lowest BCUT2D eigenvalue weighted by atomic mass is 9.99. The quantitative estimate of drug-likeness (QED) is 0.308. The van der Waals surface area contributed by atoms with Crippen LogP contribution in [-0.2, 0) is 18.0 Å². The average molecular weight is 620 g/mol. The molecule has 8 nitrogen and oxygen atoms in total. The lowest BCUT2D eigenvalue weighted by molar-refractivity contribution is -0.266. The van der Waals surface area contributed by atoms with Gasteiger partial charge < -0.3 is 33.2 Å². The van der Waals surface area contributed by atoms with Gasteiger partial charge in [-0.25, -0.2) is 0 Å². The molecular formula is C30H49NO7Si3. The molecule has 0 radical (unpaired) electrons. The Labute approximate surface area is 249 Å². The number of amides is 1. The molecule has 0 aromatic heterocycles. The molecule has 41 heavy (non-hydrogen) atoms. The number of carbonyl (C=O) groups excluding carboxylic acids is 1. The summed E-state index contributed by atoms with van der Waals surface area (Å²) in [5, 5.41) is 13.1. The van der Waals surface area contributed by atoms with Gasteiger partial charge in [-0.05, 0) is 107 Å². The molecule has 2 aromatic rings. The Kier molecular flexibility index (Phi) is 10.8. The van der Waals surface area contributed by atoms with Crippen molar-refractivity contribution in [3.05, 3.63) is 53.6 Å². The van der Waals surface area contributed by atoms with Gasteiger partial charge in [0, 0.05) is 12.6 Å². The number of aryl methyl sites for hydroxylation is 1. The largest absolute Gasteiger partial charge is 0.462 e. The molecule has 1 amide bonds. The third kappa shape index (κ3) is 9.58. The molecular weight excluding hydrogens is 571 g/mol. The summed E-state index contributed by atoms with van der Waals surface area (Å²) in [6.07, 6.45) is -2.90. The highest BCUT2D eigenvalue weighted by Crippen LogP contribution is 2.36. The average Bonchev–Trinajstić information content (AvgIpc) is 2.85. The van der Waals surface area contributed by atoms with Crippen molar-refractivity contribution in [3.8, 4) is 16.9 Å². The van der Waals surface area contributed by atoms with Crippen LogP contribution in [0.3, 0.4) is 0 Å². The second-order valence-corrected chi connectivity index (χ2v) is 26.9. The standard InChI is InChI=1S/C30H49NO7Si3/c1-20-17-22(21-13-12-14-23(18-21)29(33)31-2)15-16-24(20)34-30-28(38-41(9,10)11)27(37-40(6,7)8)26(25(19-32)35-30)36-39(3,4)5/h12-18,25-28,30,32H,19H2,1-11H3,(H,31,33)/t25-,26+,27+,28-,30-/m0/s1. The fourth-order valence-electron chi connectivity index (χ4n) is 4.82. The van der Waals surface area contributed by atoms with Crippen LogP contribution in [0.25, 0.3) is 11.1 Å². The van der Waals surface area contributed by atoms with Crippen molar-refractivity contribution in [2.75, 3.05) is 13.7 Å². The van der Waals surface area contributed by atoms with E-state index in [0.717, 1.165) is 16.7 Å². The van der Waals surface area contributed by atoms with Gasteiger partial charge in [-0.3, -0.25) is 4.79 Å². The highest BCUT2D eigenvalue weighted by Gasteiger charge is 2.52. The Morgan fingerprint density at radius 2 is 1.39 bits per heavy atom. The van der Waals surface area contributed by atoms with Crippen LogP contribution in [0.15, 0.2) is 42.5 Å². The van der Waals surface area contributed by atoms with E-state index in [1.54, 1.807) is 13.1 Å². The van der Waals surface area contributed by atoms with Gasteiger partial charge in [0.25, 0.3) is 5.91 Å². The number of hydrogen-bond acceptors (Lipinski definition) is 7. The van der Waals surface area contributed by atoms with Gasteiger partial charge in [0.15, 0.2) is 25.0 Å². The van der Waals surface area contributed by atoms with E-state index < -0.39 is 55.7 Å². The zero-order chi connectivity index (χ0) is 30.8. The van der Waals surface area contributed by atoms with Crippen LogP contribution in [0.2, 0.25) is 58.9 Å². The summed E-state index contributed by atoms with van der Waals surface area (Å²) in [5.74, 6) is 0.523. The zero-order valence-corrected chi connectivity index (χ0v) is 29.5. The zero-order valence-electron chi connectivity index (χ0n) is 26.5. The van der Waals surface area contributed by atoms with Crippen LogP contribution < -0.4 is 10.1 Å². The van der Waals surface area contributed by atoms with Crippen molar-refractivity contribution in [1.82, 2.24) is 5.32 Å². The number of hydrogen-bond donors (Lipinski definition) is 2. The number of aliphatic hydroxyl groups excluding tert-OH is 1. The highest BCUT2D eigenvalue weighted by atomic mass is 28.4. The normalized spacial score (nSPS) is 23.8. The Balaban J connectivity index is 1.99. The first-order valence-electron chi connectivity index (χ1n) is 14.3. The number of aliphatic hydroxyl groups is 1. The van der Waals surface area contributed by atoms with Crippen LogP contribution >= 0.6 is 0 Å². The predicted molar refractivity (Wildman–Crippen MR) is 171 cm³/mol. The van der Waals surface area contributed by atoms with E-state index in [2.05, 4.69) is 64.2 Å². The molecule has 11 heteroatoms. The maximum atomic E-state index is 12.1. The van der Waals surface area contributed by atoms with Crippen molar-refractivity contribution >= 4 is 30.9 Å². The summed E-state index contributed by atoms with van der Waals surface area (Å²) in [5.41, 5.74) is 3.41. The fraction of sp³-hybridized carbons (Fsp3) is 0.567. The number of rotatable bonds is 11. The Bertz CT molecular complexity index is 1190. The van der Waals surface area contributed by atoms with E-state index in [4.69, 9.17) is 22.8 Å². The maximum Gasteiger partial charge on any atom is 0.251 e. The van der Waals surface area contributed by atoms with Gasteiger partial charge in [-0.15, -0.1) is 0 Å². The summed E-state index contributed by atoms with van der Waals surface area (Å²) >= 11 is 0. The molecule has 0 saturated carbocycles. The minimum Gasteiger partial charge on any atom is -0.462 e. The molecule has 1 aliphatic heterocycles. The fourth-order valence-corrected chi connectivity index (χ4v) is 8.07. The molecule has 0 unspecified atom stereocenters. The van der Waals surface area contributed by atoms with Crippen LogP contribution in [0.5, 0.6) is 5.75 Å². The Morgan fingerprint density at radius 3 is 1.93 bits per heavy atom. The number of nitrogens with one attached hydrogen (secondary N) is 1. The van der Waals surface area contributed by atoms with E-state index in [1.165, 1.54) is 0 Å². The molecule has 3 rings (SSSR count). The Hall–Kier alpha value is -1.84. The van der Waals surface area contributed by atoms with Crippen LogP contribution in [0.4, 0.5) is 0 Å². The molecule has 0 aliphatic carbocycles. The van der Waals surface area contributed by atoms with Gasteiger partial charge in [-0.2, -0.15) is 0 Å². The minimum atomic E-state index is -2.09. The molecule has 1 heterocycles. The molecule has 228 valence electrons. The summed E-state index contributed by atoms with van der Waals surface area (Å²) < 4.78 is 33.1. The van der Waals surface area contributed by atoms with E-state index in [0.29, 0.717) is 11.3 Å². The van der Waals surface area contributed by atoms with E-state index >= 15 is 0 Å². The summed E-state index contributed by atoms with van der Waals surface area (Å²) in [6, 6.07) is 13.4. The first kappa shape index (κ1) is 33.7. The van der Waals surface area contributed by atoms with E-state index in [1.807, 2.05) is 43.3 Å². The monoisotopic (exact) mass is 619 g/mol. The summed E-state index contributed by atoms with van der Waals surface area (Å²) in [4.78, 5) is 12.1. The second kappa shape index (κ2) is 13.2. The summed E-state index contributed by atoms with van der Waals surface area (Å²) in [7, 11) is -4.56. The van der Waals surface area contributed by atoms with Crippen molar-refractivity contribution in [2.45, 2.75) is 96.6 Å². The molecule has 0 bridgehead atoms. The van der Waals surface area contributed by atoms with E-state index in [9.17, 15) is 9.90 Å². The molecule has 1 saturated heterocycles. The first-order chi connectivity index (χ1) is 18.9. The van der Waals surface area contributed by atoms with Crippen molar-refractivity contribution in [1.29, 1.82) is 0 Å². The van der Waals surface area contributed by atoms with Crippen molar-refractivity contribution < 1.29 is 32.7 Å². The van der Waals surface area contributed by atoms with Crippen LogP contribution in [0.1, 0.15) is 15.9 Å². The third-order valence-corrected chi connectivity index (χ3v) is 9.28. The minimum absolute atomic E-state index is 0.128. The molecule has 2 aromatic carbocycles.